The fourth-order valence-electron chi connectivity index (χ4n) is 4.84. The number of allylic oxidation sites excluding steroid dienone is 2. The number of nitrogens with zero attached hydrogens (tertiary/aromatic N) is 1. The number of fused-ring (bicyclic) bond motifs is 2. The maximum atomic E-state index is 11.4. The first-order valence-electron chi connectivity index (χ1n) is 11.8. The van der Waals surface area contributed by atoms with Gasteiger partial charge in [0, 0.05) is 44.7 Å². The topological polar surface area (TPSA) is 50.2 Å². The zero-order chi connectivity index (χ0) is 22.5. The summed E-state index contributed by atoms with van der Waals surface area (Å²) in [5, 5.41) is 12.0. The SMILES string of the molecule is CC(C)Cc1ccc2cc(-c3[c-]cccc3)ncc2c1.O=C1CCCC2CCCC(O)=C12.[Ir]. The summed E-state index contributed by atoms with van der Waals surface area (Å²) in [6.45, 7) is 4.49. The van der Waals surface area contributed by atoms with Crippen LogP contribution in [0.25, 0.3) is 22.0 Å². The molecule has 3 nitrogen and oxygen atoms in total. The molecule has 1 unspecified atom stereocenters. The van der Waals surface area contributed by atoms with Crippen LogP contribution in [0.3, 0.4) is 0 Å². The molecule has 175 valence electrons. The van der Waals surface area contributed by atoms with Crippen molar-refractivity contribution in [3.05, 3.63) is 77.7 Å². The Morgan fingerprint density at radius 2 is 1.85 bits per heavy atom. The average molecular weight is 619 g/mol. The van der Waals surface area contributed by atoms with Crippen molar-refractivity contribution in [1.82, 2.24) is 4.98 Å². The van der Waals surface area contributed by atoms with Crippen molar-refractivity contribution in [3.63, 3.8) is 0 Å². The van der Waals surface area contributed by atoms with Crippen LogP contribution in [0.4, 0.5) is 0 Å². The second kappa shape index (κ2) is 11.7. The summed E-state index contributed by atoms with van der Waals surface area (Å²) in [5.41, 5.74) is 4.18. The van der Waals surface area contributed by atoms with Gasteiger partial charge in [0.05, 0.1) is 5.76 Å². The van der Waals surface area contributed by atoms with Crippen molar-refractivity contribution >= 4 is 16.6 Å². The van der Waals surface area contributed by atoms with Gasteiger partial charge in [0.1, 0.15) is 0 Å². The van der Waals surface area contributed by atoms with E-state index in [1.807, 2.05) is 30.5 Å². The Bertz CT molecular complexity index is 1120. The number of benzene rings is 2. The van der Waals surface area contributed by atoms with Crippen LogP contribution in [0.1, 0.15) is 57.9 Å². The van der Waals surface area contributed by atoms with Gasteiger partial charge >= 0.3 is 0 Å². The van der Waals surface area contributed by atoms with Gasteiger partial charge in [-0.15, -0.1) is 35.9 Å². The third kappa shape index (κ3) is 6.40. The molecule has 5 rings (SSSR count). The van der Waals surface area contributed by atoms with E-state index in [9.17, 15) is 9.90 Å². The summed E-state index contributed by atoms with van der Waals surface area (Å²) in [4.78, 5) is 16.0. The van der Waals surface area contributed by atoms with Crippen LogP contribution in [-0.4, -0.2) is 15.9 Å². The molecule has 4 heteroatoms. The van der Waals surface area contributed by atoms with E-state index < -0.39 is 0 Å². The second-order valence-electron chi connectivity index (χ2n) is 9.39. The van der Waals surface area contributed by atoms with Crippen molar-refractivity contribution in [3.8, 4) is 11.3 Å². The first-order chi connectivity index (χ1) is 15.5. The third-order valence-corrected chi connectivity index (χ3v) is 6.36. The van der Waals surface area contributed by atoms with Crippen LogP contribution >= 0.6 is 0 Å². The molecule has 0 bridgehead atoms. The van der Waals surface area contributed by atoms with E-state index in [2.05, 4.69) is 49.2 Å². The summed E-state index contributed by atoms with van der Waals surface area (Å²) in [6.07, 6.45) is 8.72. The van der Waals surface area contributed by atoms with Gasteiger partial charge < -0.3 is 10.1 Å². The van der Waals surface area contributed by atoms with E-state index in [4.69, 9.17) is 0 Å². The largest absolute Gasteiger partial charge is 0.512 e. The number of aromatic nitrogens is 1. The van der Waals surface area contributed by atoms with E-state index in [1.165, 1.54) is 16.3 Å². The minimum atomic E-state index is 0. The number of pyridine rings is 1. The Kier molecular flexibility index (Phi) is 9.00. The Hall–Kier alpha value is -2.29. The quantitative estimate of drug-likeness (QED) is 0.315. The van der Waals surface area contributed by atoms with Crippen LogP contribution < -0.4 is 0 Å². The van der Waals surface area contributed by atoms with Crippen LogP contribution in [-0.2, 0) is 31.3 Å². The molecule has 3 aromatic rings. The number of hydrogen-bond acceptors (Lipinski definition) is 3. The molecular formula is C29H32IrNO2-. The van der Waals surface area contributed by atoms with E-state index in [0.717, 1.165) is 55.4 Å². The van der Waals surface area contributed by atoms with Gasteiger partial charge in [0.25, 0.3) is 0 Å². The molecule has 1 fully saturated rings. The number of ketones is 1. The fraction of sp³-hybridized carbons (Fsp3) is 0.379. The van der Waals surface area contributed by atoms with Gasteiger partial charge in [-0.2, -0.15) is 0 Å². The number of carbonyl (C=O) groups is 1. The van der Waals surface area contributed by atoms with Crippen LogP contribution in [0.2, 0.25) is 0 Å². The molecule has 2 aromatic carbocycles. The first kappa shape index (κ1) is 25.3. The van der Waals surface area contributed by atoms with E-state index in [1.54, 1.807) is 0 Å². The van der Waals surface area contributed by atoms with E-state index in [0.29, 0.717) is 24.0 Å². The zero-order valence-electron chi connectivity index (χ0n) is 19.4. The predicted molar refractivity (Wildman–Crippen MR) is 130 cm³/mol. The normalized spacial score (nSPS) is 17.8. The Balaban J connectivity index is 0.000000202. The predicted octanol–water partition coefficient (Wildman–Crippen LogP) is 7.25. The van der Waals surface area contributed by atoms with Gasteiger partial charge in [-0.25, -0.2) is 0 Å². The van der Waals surface area contributed by atoms with Crippen LogP contribution in [0, 0.1) is 17.9 Å². The maximum absolute atomic E-state index is 11.4. The summed E-state index contributed by atoms with van der Waals surface area (Å²) in [5.74, 6) is 1.65. The smallest absolute Gasteiger partial charge is 0.162 e. The summed E-state index contributed by atoms with van der Waals surface area (Å²) < 4.78 is 0. The number of Topliss-reactive ketones (excluding diaryl/α,β-unsaturated/α-hetero) is 1. The average Bonchev–Trinajstić information content (AvgIpc) is 2.79. The second-order valence-corrected chi connectivity index (χ2v) is 9.39. The molecule has 1 N–H and O–H groups in total. The Morgan fingerprint density at radius 1 is 1.06 bits per heavy atom. The van der Waals surface area contributed by atoms with Gasteiger partial charge in [0.2, 0.25) is 0 Å². The minimum absolute atomic E-state index is 0. The molecule has 1 heterocycles. The molecule has 33 heavy (non-hydrogen) atoms. The molecule has 2 aliphatic rings. The molecular weight excluding hydrogens is 587 g/mol. The van der Waals surface area contributed by atoms with E-state index in [-0.39, 0.29) is 25.9 Å². The van der Waals surface area contributed by atoms with Crippen molar-refractivity contribution in [2.75, 3.05) is 0 Å². The molecule has 0 amide bonds. The monoisotopic (exact) mass is 619 g/mol. The van der Waals surface area contributed by atoms with E-state index >= 15 is 0 Å². The zero-order valence-corrected chi connectivity index (χ0v) is 21.8. The van der Waals surface area contributed by atoms with Crippen LogP contribution in [0.15, 0.2) is 66.1 Å². The Morgan fingerprint density at radius 3 is 2.55 bits per heavy atom. The summed E-state index contributed by atoms with van der Waals surface area (Å²) in [6, 6.07) is 20.0. The number of carbonyl (C=O) groups excluding carboxylic acids is 1. The molecule has 1 radical (unpaired) electrons. The number of aliphatic hydroxyl groups excluding tert-OH is 1. The summed E-state index contributed by atoms with van der Waals surface area (Å²) >= 11 is 0. The minimum Gasteiger partial charge on any atom is -0.512 e. The van der Waals surface area contributed by atoms with Crippen molar-refractivity contribution < 1.29 is 30.0 Å². The van der Waals surface area contributed by atoms with Crippen molar-refractivity contribution in [2.24, 2.45) is 11.8 Å². The van der Waals surface area contributed by atoms with Gasteiger partial charge in [-0.1, -0.05) is 32.0 Å². The molecule has 2 aliphatic carbocycles. The third-order valence-electron chi connectivity index (χ3n) is 6.36. The standard InChI is InChI=1S/C19H18N.C10H14O2.Ir/c1-14(2)10-15-8-9-17-12-19(20-13-18(17)11-15)16-6-4-3-5-7-16;11-8-5-1-3-7-4-2-6-9(12)10(7)8;/h3-6,8-9,11-14H,10H2,1-2H3;7,11H,1-6H2;/q-1;;. The molecule has 1 saturated carbocycles. The number of rotatable bonds is 3. The molecule has 0 saturated heterocycles. The number of aliphatic hydroxyl groups is 1. The van der Waals surface area contributed by atoms with Gasteiger partial charge in [0.15, 0.2) is 5.78 Å². The van der Waals surface area contributed by atoms with Crippen LogP contribution in [0.5, 0.6) is 0 Å². The van der Waals surface area contributed by atoms with Gasteiger partial charge in [-0.05, 0) is 72.0 Å². The molecule has 1 aromatic heterocycles. The first-order valence-corrected chi connectivity index (χ1v) is 11.8. The molecule has 0 aliphatic heterocycles. The Labute approximate surface area is 210 Å². The fourth-order valence-corrected chi connectivity index (χ4v) is 4.84. The van der Waals surface area contributed by atoms with Crippen molar-refractivity contribution in [1.29, 1.82) is 0 Å². The molecule has 0 spiro atoms. The maximum Gasteiger partial charge on any atom is 0.162 e. The van der Waals surface area contributed by atoms with Gasteiger partial charge in [-0.3, -0.25) is 4.79 Å². The number of hydrogen-bond donors (Lipinski definition) is 1. The summed E-state index contributed by atoms with van der Waals surface area (Å²) in [7, 11) is 0. The molecule has 1 atom stereocenters. The van der Waals surface area contributed by atoms with Crippen molar-refractivity contribution in [2.45, 2.75) is 58.8 Å².